The van der Waals surface area contributed by atoms with Gasteiger partial charge in [0.1, 0.15) is 17.7 Å². The van der Waals surface area contributed by atoms with E-state index in [1.54, 1.807) is 30.5 Å². The van der Waals surface area contributed by atoms with Gasteiger partial charge in [-0.25, -0.2) is 13.4 Å². The number of morpholine rings is 1. The van der Waals surface area contributed by atoms with Crippen LogP contribution in [-0.2, 0) is 19.6 Å². The highest BCUT2D eigenvalue weighted by atomic mass is 32.2. The summed E-state index contributed by atoms with van der Waals surface area (Å²) in [6.45, 7) is 6.69. The van der Waals surface area contributed by atoms with E-state index in [9.17, 15) is 13.2 Å². The van der Waals surface area contributed by atoms with Gasteiger partial charge in [0.15, 0.2) is 0 Å². The molecule has 2 aromatic rings. The molecule has 9 nitrogen and oxygen atoms in total. The highest BCUT2D eigenvalue weighted by Crippen LogP contribution is 2.24. The molecule has 2 aliphatic heterocycles. The molecule has 0 aliphatic carbocycles. The second-order valence-electron chi connectivity index (χ2n) is 7.76. The molecule has 0 bridgehead atoms. The predicted octanol–water partition coefficient (Wildman–Crippen LogP) is 1.62. The monoisotopic (exact) mass is 443 g/mol. The topological polar surface area (TPSA) is 113 Å². The fourth-order valence-electron chi connectivity index (χ4n) is 3.55. The number of amides is 1. The Morgan fingerprint density at radius 2 is 1.94 bits per heavy atom. The standard InChI is InChI=1S/C21H25N5O4S/c1-14(2)19(24-20-16-5-3-4-6-17(16)31(28,29)25-20)21(27)23-18-8-7-15(13-22-18)26-9-11-30-12-10-26/h3-8,13-14,19H,9-12H2,1-2H3,(H,24,25)(H,22,23,27)/t19-/m0/s1. The van der Waals surface area contributed by atoms with Crippen molar-refractivity contribution >= 4 is 33.3 Å². The number of amidine groups is 1. The summed E-state index contributed by atoms with van der Waals surface area (Å²) in [6, 6.07) is 9.45. The molecule has 1 fully saturated rings. The van der Waals surface area contributed by atoms with E-state index in [4.69, 9.17) is 4.74 Å². The zero-order valence-electron chi connectivity index (χ0n) is 17.4. The van der Waals surface area contributed by atoms with Gasteiger partial charge in [-0.15, -0.1) is 0 Å². The van der Waals surface area contributed by atoms with Crippen molar-refractivity contribution in [2.45, 2.75) is 24.8 Å². The van der Waals surface area contributed by atoms with Crippen LogP contribution < -0.4 is 14.9 Å². The third-order valence-corrected chi connectivity index (χ3v) is 6.60. The molecule has 0 spiro atoms. The number of hydrogen-bond acceptors (Lipinski definition) is 7. The molecule has 31 heavy (non-hydrogen) atoms. The van der Waals surface area contributed by atoms with E-state index in [1.807, 2.05) is 19.9 Å². The van der Waals surface area contributed by atoms with Crippen molar-refractivity contribution in [3.05, 3.63) is 48.2 Å². The van der Waals surface area contributed by atoms with Gasteiger partial charge in [-0.05, 0) is 30.2 Å². The van der Waals surface area contributed by atoms with Crippen molar-refractivity contribution in [2.24, 2.45) is 10.9 Å². The fourth-order valence-corrected chi connectivity index (χ4v) is 4.79. The van der Waals surface area contributed by atoms with Crippen molar-refractivity contribution < 1.29 is 17.9 Å². The number of carbonyl (C=O) groups is 1. The first-order chi connectivity index (χ1) is 14.8. The van der Waals surface area contributed by atoms with E-state index in [0.717, 1.165) is 18.8 Å². The average molecular weight is 444 g/mol. The molecule has 164 valence electrons. The van der Waals surface area contributed by atoms with E-state index in [0.29, 0.717) is 24.6 Å². The smallest absolute Gasteiger partial charge is 0.263 e. The summed E-state index contributed by atoms with van der Waals surface area (Å²) in [5, 5.41) is 2.79. The Morgan fingerprint density at radius 1 is 1.19 bits per heavy atom. The van der Waals surface area contributed by atoms with Crippen LogP contribution in [0.1, 0.15) is 19.4 Å². The van der Waals surface area contributed by atoms with E-state index in [2.05, 4.69) is 24.9 Å². The zero-order chi connectivity index (χ0) is 22.0. The van der Waals surface area contributed by atoms with Crippen molar-refractivity contribution in [2.75, 3.05) is 36.5 Å². The van der Waals surface area contributed by atoms with Gasteiger partial charge in [-0.3, -0.25) is 14.5 Å². The lowest BCUT2D eigenvalue weighted by Gasteiger charge is -2.28. The van der Waals surface area contributed by atoms with Crippen LogP contribution in [-0.4, -0.2) is 57.5 Å². The van der Waals surface area contributed by atoms with E-state index >= 15 is 0 Å². The molecule has 10 heteroatoms. The number of aromatic nitrogens is 1. The fraction of sp³-hybridized carbons (Fsp3) is 0.381. The van der Waals surface area contributed by atoms with Crippen LogP contribution in [0.25, 0.3) is 0 Å². The largest absolute Gasteiger partial charge is 0.378 e. The lowest BCUT2D eigenvalue weighted by atomic mass is 10.0. The summed E-state index contributed by atoms with van der Waals surface area (Å²) < 4.78 is 32.5. The highest BCUT2D eigenvalue weighted by molar-refractivity contribution is 7.90. The maximum Gasteiger partial charge on any atom is 0.263 e. The molecule has 2 N–H and O–H groups in total. The summed E-state index contributed by atoms with van der Waals surface area (Å²) in [5.41, 5.74) is 1.44. The third-order valence-electron chi connectivity index (χ3n) is 5.21. The molecular formula is C21H25N5O4S. The molecule has 1 aromatic heterocycles. The minimum absolute atomic E-state index is 0.155. The van der Waals surface area contributed by atoms with Gasteiger partial charge < -0.3 is 15.0 Å². The van der Waals surface area contributed by atoms with E-state index in [1.165, 1.54) is 6.07 Å². The lowest BCUT2D eigenvalue weighted by molar-refractivity contribution is -0.118. The van der Waals surface area contributed by atoms with Crippen molar-refractivity contribution in [3.63, 3.8) is 0 Å². The van der Waals surface area contributed by atoms with Crippen LogP contribution in [0.5, 0.6) is 0 Å². The van der Waals surface area contributed by atoms with Crippen molar-refractivity contribution in [1.82, 2.24) is 9.71 Å². The maximum absolute atomic E-state index is 12.9. The van der Waals surface area contributed by atoms with Crippen LogP contribution in [0, 0.1) is 5.92 Å². The normalized spacial score (nSPS) is 19.7. The molecular weight excluding hydrogens is 418 g/mol. The first kappa shape index (κ1) is 21.3. The average Bonchev–Trinajstić information content (AvgIpc) is 3.03. The van der Waals surface area contributed by atoms with Crippen molar-refractivity contribution in [3.8, 4) is 0 Å². The molecule has 1 atom stereocenters. The Labute approximate surface area is 181 Å². The summed E-state index contributed by atoms with van der Waals surface area (Å²) in [4.78, 5) is 24.1. The van der Waals surface area contributed by atoms with Crippen LogP contribution in [0.3, 0.4) is 0 Å². The lowest BCUT2D eigenvalue weighted by Crippen LogP contribution is -2.36. The number of aliphatic imine (C=N–C) groups is 1. The second kappa shape index (κ2) is 8.64. The van der Waals surface area contributed by atoms with Gasteiger partial charge in [0.05, 0.1) is 30.0 Å². The Morgan fingerprint density at radius 3 is 2.61 bits per heavy atom. The SMILES string of the molecule is CC(C)[C@H](N=C1NS(=O)(=O)c2ccccc21)C(=O)Nc1ccc(N2CCOCC2)cn1. The van der Waals surface area contributed by atoms with Gasteiger partial charge >= 0.3 is 0 Å². The number of anilines is 2. The number of sulfonamides is 1. The van der Waals surface area contributed by atoms with Gasteiger partial charge in [-0.2, -0.15) is 0 Å². The number of ether oxygens (including phenoxy) is 1. The summed E-state index contributed by atoms with van der Waals surface area (Å²) in [5.74, 6) is 0.0930. The Bertz CT molecular complexity index is 1090. The molecule has 0 saturated carbocycles. The van der Waals surface area contributed by atoms with E-state index < -0.39 is 16.1 Å². The van der Waals surface area contributed by atoms with Gasteiger partial charge in [0.25, 0.3) is 15.9 Å². The number of rotatable bonds is 5. The predicted molar refractivity (Wildman–Crippen MR) is 118 cm³/mol. The molecule has 4 rings (SSSR count). The number of hydrogen-bond donors (Lipinski definition) is 2. The van der Waals surface area contributed by atoms with Crippen molar-refractivity contribution in [1.29, 1.82) is 0 Å². The number of benzene rings is 1. The zero-order valence-corrected chi connectivity index (χ0v) is 18.2. The summed E-state index contributed by atoms with van der Waals surface area (Å²) in [7, 11) is -3.66. The highest BCUT2D eigenvalue weighted by Gasteiger charge is 2.32. The second-order valence-corrected chi connectivity index (χ2v) is 9.41. The Hall–Kier alpha value is -2.98. The molecule has 0 unspecified atom stereocenters. The first-order valence-corrected chi connectivity index (χ1v) is 11.6. The minimum atomic E-state index is -3.66. The van der Waals surface area contributed by atoms with E-state index in [-0.39, 0.29) is 22.6 Å². The van der Waals surface area contributed by atoms with Gasteiger partial charge in [-0.1, -0.05) is 26.0 Å². The number of carbonyl (C=O) groups excluding carboxylic acids is 1. The Kier molecular flexibility index (Phi) is 5.92. The molecule has 3 heterocycles. The van der Waals surface area contributed by atoms with Crippen LogP contribution in [0.15, 0.2) is 52.5 Å². The minimum Gasteiger partial charge on any atom is -0.378 e. The number of nitrogens with one attached hydrogen (secondary N) is 2. The molecule has 1 aromatic carbocycles. The molecule has 1 saturated heterocycles. The van der Waals surface area contributed by atoms with Gasteiger partial charge in [0, 0.05) is 18.7 Å². The Balaban J connectivity index is 1.52. The third kappa shape index (κ3) is 4.54. The maximum atomic E-state index is 12.9. The number of fused-ring (bicyclic) bond motifs is 1. The van der Waals surface area contributed by atoms with Crippen LogP contribution >= 0.6 is 0 Å². The molecule has 0 radical (unpaired) electrons. The quantitative estimate of drug-likeness (QED) is 0.726. The molecule has 2 aliphatic rings. The first-order valence-electron chi connectivity index (χ1n) is 10.1. The summed E-state index contributed by atoms with van der Waals surface area (Å²) >= 11 is 0. The number of nitrogens with zero attached hydrogens (tertiary/aromatic N) is 3. The van der Waals surface area contributed by atoms with Gasteiger partial charge in [0.2, 0.25) is 0 Å². The summed E-state index contributed by atoms with van der Waals surface area (Å²) in [6.07, 6.45) is 1.72. The van der Waals surface area contributed by atoms with Crippen LogP contribution in [0.4, 0.5) is 11.5 Å². The van der Waals surface area contributed by atoms with Crippen LogP contribution in [0.2, 0.25) is 0 Å². The number of pyridine rings is 1. The molecule has 1 amide bonds.